The number of likely N-dealkylation sites (tertiary alicyclic amines) is 2. The van der Waals surface area contributed by atoms with E-state index >= 15 is 0 Å². The number of piperidine rings is 1. The molecule has 3 amide bonds. The SMILES string of the molecule is CCCNC(=O)CN1CCC(NC(=O)C2CCCN2C(=O)OC(C)(C)C)CC1. The fourth-order valence-electron chi connectivity index (χ4n) is 3.63. The molecule has 1 atom stereocenters. The number of rotatable bonds is 6. The predicted molar refractivity (Wildman–Crippen MR) is 107 cm³/mol. The highest BCUT2D eigenvalue weighted by atomic mass is 16.6. The average Bonchev–Trinajstić information content (AvgIpc) is 3.10. The standard InChI is InChI=1S/C20H36N4O4/c1-5-10-21-17(25)14-23-12-8-15(9-13-23)22-18(26)16-7-6-11-24(16)19(27)28-20(2,3)4/h15-16H,5-14H2,1-4H3,(H,21,25)(H,22,26). The first-order valence-electron chi connectivity index (χ1n) is 10.5. The van der Waals surface area contributed by atoms with Crippen LogP contribution in [0.5, 0.6) is 0 Å². The zero-order valence-electron chi connectivity index (χ0n) is 17.8. The minimum absolute atomic E-state index is 0.0586. The van der Waals surface area contributed by atoms with E-state index in [1.165, 1.54) is 0 Å². The Morgan fingerprint density at radius 3 is 2.36 bits per heavy atom. The van der Waals surface area contributed by atoms with Crippen molar-refractivity contribution in [3.63, 3.8) is 0 Å². The molecule has 0 aliphatic carbocycles. The monoisotopic (exact) mass is 396 g/mol. The van der Waals surface area contributed by atoms with Gasteiger partial charge in [0.2, 0.25) is 11.8 Å². The highest BCUT2D eigenvalue weighted by Gasteiger charge is 2.37. The van der Waals surface area contributed by atoms with Gasteiger partial charge in [0.15, 0.2) is 0 Å². The van der Waals surface area contributed by atoms with Crippen LogP contribution in [0.3, 0.4) is 0 Å². The van der Waals surface area contributed by atoms with Crippen LogP contribution >= 0.6 is 0 Å². The van der Waals surface area contributed by atoms with E-state index in [0.717, 1.165) is 38.8 Å². The van der Waals surface area contributed by atoms with Crippen LogP contribution in [0, 0.1) is 0 Å². The molecule has 2 fully saturated rings. The third-order valence-electron chi connectivity index (χ3n) is 5.06. The summed E-state index contributed by atoms with van der Waals surface area (Å²) in [6.45, 7) is 10.7. The molecule has 0 spiro atoms. The second-order valence-corrected chi connectivity index (χ2v) is 8.74. The number of hydrogen-bond donors (Lipinski definition) is 2. The molecule has 0 aromatic carbocycles. The topological polar surface area (TPSA) is 91.0 Å². The molecule has 28 heavy (non-hydrogen) atoms. The Kier molecular flexibility index (Phi) is 8.10. The zero-order chi connectivity index (χ0) is 20.7. The lowest BCUT2D eigenvalue weighted by molar-refractivity contribution is -0.127. The highest BCUT2D eigenvalue weighted by Crippen LogP contribution is 2.21. The Morgan fingerprint density at radius 1 is 1.07 bits per heavy atom. The molecule has 0 aromatic heterocycles. The Bertz CT molecular complexity index is 553. The summed E-state index contributed by atoms with van der Waals surface area (Å²) in [7, 11) is 0. The number of ether oxygens (including phenoxy) is 1. The minimum atomic E-state index is -0.572. The predicted octanol–water partition coefficient (Wildman–Crippen LogP) is 1.49. The zero-order valence-corrected chi connectivity index (χ0v) is 17.8. The van der Waals surface area contributed by atoms with E-state index in [4.69, 9.17) is 4.74 Å². The smallest absolute Gasteiger partial charge is 0.410 e. The van der Waals surface area contributed by atoms with Gasteiger partial charge < -0.3 is 15.4 Å². The van der Waals surface area contributed by atoms with Gasteiger partial charge in [-0.2, -0.15) is 0 Å². The van der Waals surface area contributed by atoms with Gasteiger partial charge in [-0.1, -0.05) is 6.92 Å². The Balaban J connectivity index is 1.77. The molecule has 2 aliphatic rings. The maximum absolute atomic E-state index is 12.7. The van der Waals surface area contributed by atoms with Crippen molar-refractivity contribution in [2.75, 3.05) is 32.7 Å². The van der Waals surface area contributed by atoms with E-state index < -0.39 is 17.7 Å². The summed E-state index contributed by atoms with van der Waals surface area (Å²) < 4.78 is 5.43. The van der Waals surface area contributed by atoms with Crippen molar-refractivity contribution in [2.45, 2.75) is 77.5 Å². The van der Waals surface area contributed by atoms with Gasteiger partial charge in [0.1, 0.15) is 11.6 Å². The molecule has 0 aromatic rings. The molecule has 2 saturated heterocycles. The minimum Gasteiger partial charge on any atom is -0.444 e. The van der Waals surface area contributed by atoms with Gasteiger partial charge >= 0.3 is 6.09 Å². The summed E-state index contributed by atoms with van der Waals surface area (Å²) in [6.07, 6.45) is 3.61. The lowest BCUT2D eigenvalue weighted by Crippen LogP contribution is -2.52. The van der Waals surface area contributed by atoms with E-state index in [0.29, 0.717) is 26.1 Å². The first-order valence-corrected chi connectivity index (χ1v) is 10.5. The largest absolute Gasteiger partial charge is 0.444 e. The van der Waals surface area contributed by atoms with Crippen LogP contribution in [-0.4, -0.2) is 78.1 Å². The van der Waals surface area contributed by atoms with Gasteiger partial charge in [-0.3, -0.25) is 19.4 Å². The number of carbonyl (C=O) groups is 3. The van der Waals surface area contributed by atoms with Crippen molar-refractivity contribution in [3.8, 4) is 0 Å². The fourth-order valence-corrected chi connectivity index (χ4v) is 3.63. The van der Waals surface area contributed by atoms with Gasteiger partial charge in [0, 0.05) is 32.2 Å². The molecule has 1 unspecified atom stereocenters. The lowest BCUT2D eigenvalue weighted by Gasteiger charge is -2.33. The Labute approximate surface area is 168 Å². The normalized spacial score (nSPS) is 21.4. The van der Waals surface area contributed by atoms with Crippen LogP contribution in [0.25, 0.3) is 0 Å². The summed E-state index contributed by atoms with van der Waals surface area (Å²) in [4.78, 5) is 40.6. The fraction of sp³-hybridized carbons (Fsp3) is 0.850. The molecule has 0 bridgehead atoms. The van der Waals surface area contributed by atoms with Gasteiger partial charge in [-0.25, -0.2) is 4.79 Å². The van der Waals surface area contributed by atoms with Crippen LogP contribution in [0.4, 0.5) is 4.79 Å². The molecule has 8 nitrogen and oxygen atoms in total. The summed E-state index contributed by atoms with van der Waals surface area (Å²) in [5, 5.41) is 5.99. The van der Waals surface area contributed by atoms with Crippen molar-refractivity contribution < 1.29 is 19.1 Å². The van der Waals surface area contributed by atoms with E-state index in [2.05, 4.69) is 15.5 Å². The number of nitrogens with one attached hydrogen (secondary N) is 2. The Hall–Kier alpha value is -1.83. The molecule has 2 rings (SSSR count). The average molecular weight is 397 g/mol. The summed E-state index contributed by atoms with van der Waals surface area (Å²) in [5.41, 5.74) is -0.572. The van der Waals surface area contributed by atoms with Crippen LogP contribution in [0.2, 0.25) is 0 Å². The third kappa shape index (κ3) is 6.96. The molecule has 2 heterocycles. The van der Waals surface area contributed by atoms with Crippen LogP contribution in [-0.2, 0) is 14.3 Å². The maximum atomic E-state index is 12.7. The van der Waals surface area contributed by atoms with Gasteiger partial charge in [-0.15, -0.1) is 0 Å². The molecule has 160 valence electrons. The number of hydrogen-bond acceptors (Lipinski definition) is 5. The number of amides is 3. The number of nitrogens with zero attached hydrogens (tertiary/aromatic N) is 2. The van der Waals surface area contributed by atoms with Crippen LogP contribution in [0.1, 0.15) is 59.8 Å². The highest BCUT2D eigenvalue weighted by molar-refractivity contribution is 5.86. The second-order valence-electron chi connectivity index (χ2n) is 8.74. The van der Waals surface area contributed by atoms with Crippen molar-refractivity contribution in [1.82, 2.24) is 20.4 Å². The van der Waals surface area contributed by atoms with E-state index in [9.17, 15) is 14.4 Å². The van der Waals surface area contributed by atoms with Crippen molar-refractivity contribution in [2.24, 2.45) is 0 Å². The first kappa shape index (κ1) is 22.5. The lowest BCUT2D eigenvalue weighted by atomic mass is 10.0. The number of carbonyl (C=O) groups excluding carboxylic acids is 3. The maximum Gasteiger partial charge on any atom is 0.410 e. The summed E-state index contributed by atoms with van der Waals surface area (Å²) in [5.74, 6) is -0.0363. The Morgan fingerprint density at radius 2 is 1.75 bits per heavy atom. The molecule has 2 N–H and O–H groups in total. The molecule has 8 heteroatoms. The quantitative estimate of drug-likeness (QED) is 0.710. The van der Waals surface area contributed by atoms with E-state index in [-0.39, 0.29) is 17.9 Å². The van der Waals surface area contributed by atoms with Crippen LogP contribution in [0.15, 0.2) is 0 Å². The van der Waals surface area contributed by atoms with Gasteiger partial charge in [0.05, 0.1) is 6.54 Å². The van der Waals surface area contributed by atoms with Crippen molar-refractivity contribution in [3.05, 3.63) is 0 Å². The van der Waals surface area contributed by atoms with Crippen LogP contribution < -0.4 is 10.6 Å². The molecule has 0 saturated carbocycles. The molecule has 0 radical (unpaired) electrons. The molecule has 2 aliphatic heterocycles. The van der Waals surface area contributed by atoms with Crippen molar-refractivity contribution in [1.29, 1.82) is 0 Å². The summed E-state index contributed by atoms with van der Waals surface area (Å²) in [6, 6.07) is -0.365. The van der Waals surface area contributed by atoms with E-state index in [1.807, 2.05) is 27.7 Å². The van der Waals surface area contributed by atoms with E-state index in [1.54, 1.807) is 4.90 Å². The molecular weight excluding hydrogens is 360 g/mol. The third-order valence-corrected chi connectivity index (χ3v) is 5.06. The van der Waals surface area contributed by atoms with Gasteiger partial charge in [0.25, 0.3) is 0 Å². The summed E-state index contributed by atoms with van der Waals surface area (Å²) >= 11 is 0. The van der Waals surface area contributed by atoms with Gasteiger partial charge in [-0.05, 0) is 52.9 Å². The molecular formula is C20H36N4O4. The second kappa shape index (κ2) is 10.1. The van der Waals surface area contributed by atoms with Crippen molar-refractivity contribution >= 4 is 17.9 Å². The first-order chi connectivity index (χ1) is 13.2.